The van der Waals surface area contributed by atoms with Gasteiger partial charge < -0.3 is 14.5 Å². The lowest BCUT2D eigenvalue weighted by Gasteiger charge is -2.39. The van der Waals surface area contributed by atoms with Crippen molar-refractivity contribution in [2.75, 3.05) is 18.5 Å². The van der Waals surface area contributed by atoms with Gasteiger partial charge in [0.2, 0.25) is 5.91 Å². The molecule has 0 aliphatic carbocycles. The lowest BCUT2D eigenvalue weighted by molar-refractivity contribution is -0.124. The van der Waals surface area contributed by atoms with E-state index in [2.05, 4.69) is 15.2 Å². The molecule has 0 radical (unpaired) electrons. The van der Waals surface area contributed by atoms with Crippen molar-refractivity contribution in [3.05, 3.63) is 48.7 Å². The molecule has 0 aromatic carbocycles. The van der Waals surface area contributed by atoms with Gasteiger partial charge in [0.15, 0.2) is 0 Å². The van der Waals surface area contributed by atoms with Crippen LogP contribution in [0.1, 0.15) is 18.6 Å². The van der Waals surface area contributed by atoms with Crippen molar-refractivity contribution in [1.82, 2.24) is 9.88 Å². The molecule has 2 aromatic rings. The number of hydrogen-bond donors (Lipinski definition) is 1. The summed E-state index contributed by atoms with van der Waals surface area (Å²) in [4.78, 5) is 19.0. The van der Waals surface area contributed by atoms with Gasteiger partial charge in [-0.2, -0.15) is 0 Å². The first-order valence-electron chi connectivity index (χ1n) is 8.38. The Bertz CT molecular complexity index is 674. The minimum absolute atomic E-state index is 0.0291. The fourth-order valence-electron chi connectivity index (χ4n) is 3.71. The number of aromatic nitrogens is 1. The molecule has 6 nitrogen and oxygen atoms in total. The van der Waals surface area contributed by atoms with Crippen LogP contribution in [0.4, 0.5) is 5.69 Å². The number of carbonyl (C=O) groups is 1. The number of furan rings is 1. The minimum atomic E-state index is -0.0977. The molecule has 0 bridgehead atoms. The molecule has 2 fully saturated rings. The number of amides is 1. The highest BCUT2D eigenvalue weighted by atomic mass is 16.5. The second-order valence-corrected chi connectivity index (χ2v) is 6.44. The summed E-state index contributed by atoms with van der Waals surface area (Å²) >= 11 is 0. The molecule has 4 rings (SSSR count). The molecular formula is C18H21N3O3. The van der Waals surface area contributed by atoms with Crippen LogP contribution in [0.15, 0.2) is 47.3 Å². The van der Waals surface area contributed by atoms with Crippen LogP contribution in [0.3, 0.4) is 0 Å². The van der Waals surface area contributed by atoms with E-state index in [9.17, 15) is 4.79 Å². The number of pyridine rings is 1. The number of fused-ring (bicyclic) bond motifs is 1. The third-order valence-corrected chi connectivity index (χ3v) is 4.85. The van der Waals surface area contributed by atoms with Crippen molar-refractivity contribution in [3.63, 3.8) is 0 Å². The largest absolute Gasteiger partial charge is 0.468 e. The van der Waals surface area contributed by atoms with E-state index < -0.39 is 0 Å². The molecule has 2 aromatic heterocycles. The summed E-state index contributed by atoms with van der Waals surface area (Å²) in [6, 6.07) is 7.91. The van der Waals surface area contributed by atoms with E-state index in [4.69, 9.17) is 9.15 Å². The van der Waals surface area contributed by atoms with Gasteiger partial charge in [0.25, 0.3) is 0 Å². The van der Waals surface area contributed by atoms with Crippen molar-refractivity contribution < 1.29 is 13.9 Å². The van der Waals surface area contributed by atoms with Gasteiger partial charge in [0.1, 0.15) is 5.76 Å². The summed E-state index contributed by atoms with van der Waals surface area (Å²) in [6.45, 7) is 2.20. The molecule has 0 saturated carbocycles. The maximum atomic E-state index is 12.7. The minimum Gasteiger partial charge on any atom is -0.468 e. The Morgan fingerprint density at radius 3 is 3.12 bits per heavy atom. The van der Waals surface area contributed by atoms with E-state index >= 15 is 0 Å². The van der Waals surface area contributed by atoms with Crippen molar-refractivity contribution >= 4 is 11.6 Å². The van der Waals surface area contributed by atoms with Crippen LogP contribution in [0, 0.1) is 5.92 Å². The summed E-state index contributed by atoms with van der Waals surface area (Å²) < 4.78 is 11.4. The number of piperidine rings is 1. The SMILES string of the molecule is O=C(Nc1cccnc1)[C@H]1C[C@@H]2OCC[C@@H]2N(Cc2ccco2)C1. The highest BCUT2D eigenvalue weighted by Gasteiger charge is 2.42. The maximum Gasteiger partial charge on any atom is 0.228 e. The summed E-state index contributed by atoms with van der Waals surface area (Å²) in [5.74, 6) is 0.856. The van der Waals surface area contributed by atoms with Crippen molar-refractivity contribution in [2.45, 2.75) is 31.5 Å². The molecule has 126 valence electrons. The van der Waals surface area contributed by atoms with Crippen LogP contribution in [-0.4, -0.2) is 41.1 Å². The highest BCUT2D eigenvalue weighted by molar-refractivity contribution is 5.92. The summed E-state index contributed by atoms with van der Waals surface area (Å²) in [5, 5.41) is 2.96. The fraction of sp³-hybridized carbons (Fsp3) is 0.444. The number of hydrogen-bond acceptors (Lipinski definition) is 5. The number of anilines is 1. The first kappa shape index (κ1) is 15.4. The summed E-state index contributed by atoms with van der Waals surface area (Å²) in [7, 11) is 0. The molecule has 2 aliphatic heterocycles. The zero-order valence-corrected chi connectivity index (χ0v) is 13.4. The smallest absolute Gasteiger partial charge is 0.228 e. The zero-order chi connectivity index (χ0) is 16.4. The molecule has 3 atom stereocenters. The van der Waals surface area contributed by atoms with Crippen LogP contribution < -0.4 is 5.32 Å². The lowest BCUT2D eigenvalue weighted by atomic mass is 9.89. The van der Waals surface area contributed by atoms with Gasteiger partial charge in [-0.05, 0) is 37.1 Å². The summed E-state index contributed by atoms with van der Waals surface area (Å²) in [6.07, 6.45) is 6.95. The molecule has 1 N–H and O–H groups in total. The Morgan fingerprint density at radius 2 is 2.33 bits per heavy atom. The van der Waals surface area contributed by atoms with Gasteiger partial charge >= 0.3 is 0 Å². The zero-order valence-electron chi connectivity index (χ0n) is 13.4. The topological polar surface area (TPSA) is 67.6 Å². The first-order chi connectivity index (χ1) is 11.8. The molecule has 2 aliphatic rings. The van der Waals surface area contributed by atoms with Crippen molar-refractivity contribution in [3.8, 4) is 0 Å². The second-order valence-electron chi connectivity index (χ2n) is 6.44. The Kier molecular flexibility index (Phi) is 4.32. The Balaban J connectivity index is 1.46. The van der Waals surface area contributed by atoms with Crippen LogP contribution in [0.2, 0.25) is 0 Å². The second kappa shape index (κ2) is 6.75. The average molecular weight is 327 g/mol. The van der Waals surface area contributed by atoms with Gasteiger partial charge in [-0.15, -0.1) is 0 Å². The third-order valence-electron chi connectivity index (χ3n) is 4.85. The number of likely N-dealkylation sites (tertiary alicyclic amines) is 1. The number of nitrogens with zero attached hydrogens (tertiary/aromatic N) is 2. The summed E-state index contributed by atoms with van der Waals surface area (Å²) in [5.41, 5.74) is 0.731. The normalized spacial score (nSPS) is 26.9. The van der Waals surface area contributed by atoms with Crippen LogP contribution in [0.5, 0.6) is 0 Å². The van der Waals surface area contributed by atoms with Gasteiger partial charge in [0.05, 0.1) is 36.7 Å². The number of nitrogens with one attached hydrogen (secondary N) is 1. The van der Waals surface area contributed by atoms with E-state index in [1.807, 2.05) is 24.3 Å². The van der Waals surface area contributed by atoms with Crippen molar-refractivity contribution in [1.29, 1.82) is 0 Å². The fourth-order valence-corrected chi connectivity index (χ4v) is 3.71. The molecular weight excluding hydrogens is 306 g/mol. The molecule has 4 heterocycles. The third kappa shape index (κ3) is 3.20. The van der Waals surface area contributed by atoms with Crippen LogP contribution >= 0.6 is 0 Å². The Labute approximate surface area is 140 Å². The Morgan fingerprint density at radius 1 is 1.38 bits per heavy atom. The Hall–Kier alpha value is -2.18. The molecule has 6 heteroatoms. The maximum absolute atomic E-state index is 12.7. The molecule has 0 unspecified atom stereocenters. The van der Waals surface area contributed by atoms with Gasteiger partial charge in [-0.25, -0.2) is 0 Å². The first-order valence-corrected chi connectivity index (χ1v) is 8.38. The van der Waals surface area contributed by atoms with Gasteiger partial charge in [0, 0.05) is 25.4 Å². The lowest BCUT2D eigenvalue weighted by Crippen LogP contribution is -2.51. The van der Waals surface area contributed by atoms with E-state index in [0.717, 1.165) is 37.4 Å². The predicted octanol–water partition coefficient (Wildman–Crippen LogP) is 2.29. The van der Waals surface area contributed by atoms with Gasteiger partial charge in [-0.3, -0.25) is 14.7 Å². The van der Waals surface area contributed by atoms with E-state index in [1.54, 1.807) is 18.7 Å². The highest BCUT2D eigenvalue weighted by Crippen LogP contribution is 2.33. The van der Waals surface area contributed by atoms with E-state index in [0.29, 0.717) is 12.6 Å². The van der Waals surface area contributed by atoms with Gasteiger partial charge in [-0.1, -0.05) is 0 Å². The number of ether oxygens (including phenoxy) is 1. The van der Waals surface area contributed by atoms with Crippen LogP contribution in [0.25, 0.3) is 0 Å². The number of carbonyl (C=O) groups excluding carboxylic acids is 1. The number of rotatable bonds is 4. The van der Waals surface area contributed by atoms with Crippen molar-refractivity contribution in [2.24, 2.45) is 5.92 Å². The quantitative estimate of drug-likeness (QED) is 0.933. The van der Waals surface area contributed by atoms with E-state index in [-0.39, 0.29) is 17.9 Å². The standard InChI is InChI=1S/C18H21N3O3/c22-18(20-14-3-1-6-19-10-14)13-9-17-16(5-8-24-17)21(11-13)12-15-4-2-7-23-15/h1-4,6-7,10,13,16-17H,5,8-9,11-12H2,(H,20,22)/t13-,16-,17-/m0/s1. The van der Waals surface area contributed by atoms with E-state index in [1.165, 1.54) is 0 Å². The average Bonchev–Trinajstić information content (AvgIpc) is 3.27. The molecule has 1 amide bonds. The molecule has 0 spiro atoms. The molecule has 2 saturated heterocycles. The predicted molar refractivity (Wildman–Crippen MR) is 88.2 cm³/mol. The van der Waals surface area contributed by atoms with Crippen LogP contribution in [-0.2, 0) is 16.1 Å². The molecule has 24 heavy (non-hydrogen) atoms. The monoisotopic (exact) mass is 327 g/mol.